The van der Waals surface area contributed by atoms with Gasteiger partial charge in [0.15, 0.2) is 19.1 Å². The van der Waals surface area contributed by atoms with Crippen molar-refractivity contribution in [3.8, 4) is 0 Å². The van der Waals surface area contributed by atoms with Crippen molar-refractivity contribution in [3.05, 3.63) is 11.8 Å². The molecule has 0 saturated carbocycles. The van der Waals surface area contributed by atoms with Crippen molar-refractivity contribution in [1.29, 1.82) is 0 Å². The third-order valence-corrected chi connectivity index (χ3v) is 2.59. The Morgan fingerprint density at radius 1 is 1.69 bits per heavy atom. The molecule has 0 aromatic rings. The standard InChI is InChI=1S/C10H13NO5/c1-3-6-9(10(13)15-5-14-2)11-7(12)4-8(11)16-6/h3,8-9H,4-5H2,1-2H3. The van der Waals surface area contributed by atoms with Crippen LogP contribution in [0.5, 0.6) is 0 Å². The van der Waals surface area contributed by atoms with Gasteiger partial charge in [-0.25, -0.2) is 4.79 Å². The summed E-state index contributed by atoms with van der Waals surface area (Å²) in [7, 11) is 1.42. The highest BCUT2D eigenvalue weighted by molar-refractivity contribution is 5.91. The fourth-order valence-electron chi connectivity index (χ4n) is 1.82. The maximum Gasteiger partial charge on any atom is 0.339 e. The van der Waals surface area contributed by atoms with E-state index >= 15 is 0 Å². The summed E-state index contributed by atoms with van der Waals surface area (Å²) < 4.78 is 14.9. The van der Waals surface area contributed by atoms with Crippen molar-refractivity contribution in [2.24, 2.45) is 0 Å². The van der Waals surface area contributed by atoms with Gasteiger partial charge in [0.1, 0.15) is 5.76 Å². The van der Waals surface area contributed by atoms with Crippen molar-refractivity contribution < 1.29 is 23.8 Å². The highest BCUT2D eigenvalue weighted by atomic mass is 16.7. The number of fused-ring (bicyclic) bond motifs is 1. The van der Waals surface area contributed by atoms with Gasteiger partial charge in [-0.1, -0.05) is 0 Å². The van der Waals surface area contributed by atoms with Crippen LogP contribution in [0.4, 0.5) is 0 Å². The second-order valence-corrected chi connectivity index (χ2v) is 3.54. The van der Waals surface area contributed by atoms with Gasteiger partial charge in [0.25, 0.3) is 0 Å². The number of β-lactam (4-membered cyclic amide) rings is 1. The fraction of sp³-hybridized carbons (Fsp3) is 0.600. The van der Waals surface area contributed by atoms with E-state index in [2.05, 4.69) is 4.74 Å². The van der Waals surface area contributed by atoms with E-state index in [9.17, 15) is 9.59 Å². The molecule has 0 aromatic carbocycles. The van der Waals surface area contributed by atoms with E-state index in [1.54, 1.807) is 13.0 Å². The van der Waals surface area contributed by atoms with Gasteiger partial charge in [0.2, 0.25) is 5.91 Å². The summed E-state index contributed by atoms with van der Waals surface area (Å²) in [5, 5.41) is 0. The minimum Gasteiger partial charge on any atom is -0.472 e. The zero-order valence-corrected chi connectivity index (χ0v) is 9.13. The Hall–Kier alpha value is -1.56. The second-order valence-electron chi connectivity index (χ2n) is 3.54. The molecule has 2 rings (SSSR count). The van der Waals surface area contributed by atoms with Crippen LogP contribution in [-0.2, 0) is 23.8 Å². The van der Waals surface area contributed by atoms with Crippen molar-refractivity contribution >= 4 is 11.9 Å². The van der Waals surface area contributed by atoms with Gasteiger partial charge in [-0.05, 0) is 13.0 Å². The lowest BCUT2D eigenvalue weighted by molar-refractivity contribution is -0.170. The third-order valence-electron chi connectivity index (χ3n) is 2.59. The van der Waals surface area contributed by atoms with Crippen molar-refractivity contribution in [3.63, 3.8) is 0 Å². The molecule has 0 radical (unpaired) electrons. The number of allylic oxidation sites excluding steroid dienone is 1. The van der Waals surface area contributed by atoms with E-state index < -0.39 is 12.0 Å². The van der Waals surface area contributed by atoms with Gasteiger partial charge in [-0.3, -0.25) is 9.69 Å². The summed E-state index contributed by atoms with van der Waals surface area (Å²) in [6, 6.07) is -0.744. The maximum atomic E-state index is 11.7. The molecule has 0 aromatic heterocycles. The maximum absolute atomic E-state index is 11.7. The van der Waals surface area contributed by atoms with E-state index in [0.717, 1.165) is 0 Å². The Morgan fingerprint density at radius 3 is 3.00 bits per heavy atom. The summed E-state index contributed by atoms with van der Waals surface area (Å²) in [5.74, 6) is -0.149. The molecule has 1 amide bonds. The molecule has 2 saturated heterocycles. The number of amides is 1. The van der Waals surface area contributed by atoms with Crippen LogP contribution in [0, 0.1) is 0 Å². The third kappa shape index (κ3) is 1.55. The second kappa shape index (κ2) is 4.13. The van der Waals surface area contributed by atoms with Crippen molar-refractivity contribution in [2.75, 3.05) is 13.9 Å². The molecule has 2 atom stereocenters. The molecule has 0 aliphatic carbocycles. The zero-order valence-electron chi connectivity index (χ0n) is 9.13. The highest BCUT2D eigenvalue weighted by Gasteiger charge is 2.54. The van der Waals surface area contributed by atoms with Crippen LogP contribution >= 0.6 is 0 Å². The molecule has 16 heavy (non-hydrogen) atoms. The normalized spacial score (nSPS) is 29.8. The molecule has 2 unspecified atom stereocenters. The van der Waals surface area contributed by atoms with Gasteiger partial charge in [0, 0.05) is 7.11 Å². The SMILES string of the molecule is CC=C1OC2CC(=O)N2C1C(=O)OCOC. The molecule has 0 bridgehead atoms. The first kappa shape index (κ1) is 10.9. The molecule has 2 heterocycles. The average Bonchev–Trinajstić information content (AvgIpc) is 2.58. The van der Waals surface area contributed by atoms with E-state index in [-0.39, 0.29) is 18.9 Å². The first-order valence-electron chi connectivity index (χ1n) is 4.98. The number of carbonyl (C=O) groups excluding carboxylic acids is 2. The first-order chi connectivity index (χ1) is 7.69. The quantitative estimate of drug-likeness (QED) is 0.385. The van der Waals surface area contributed by atoms with Crippen LogP contribution in [-0.4, -0.2) is 42.9 Å². The molecule has 2 aliphatic rings. The lowest BCUT2D eigenvalue weighted by atomic mass is 10.1. The zero-order chi connectivity index (χ0) is 11.7. The fourth-order valence-corrected chi connectivity index (χ4v) is 1.82. The van der Waals surface area contributed by atoms with Crippen molar-refractivity contribution in [2.45, 2.75) is 25.6 Å². The Kier molecular flexibility index (Phi) is 2.82. The molecule has 6 nitrogen and oxygen atoms in total. The number of esters is 1. The number of rotatable bonds is 3. The van der Waals surface area contributed by atoms with E-state index in [1.807, 2.05) is 0 Å². The Balaban J connectivity index is 2.10. The summed E-state index contributed by atoms with van der Waals surface area (Å²) in [4.78, 5) is 24.4. The van der Waals surface area contributed by atoms with E-state index in [4.69, 9.17) is 9.47 Å². The summed E-state index contributed by atoms with van der Waals surface area (Å²) in [6.45, 7) is 1.63. The molecular formula is C10H13NO5. The number of ether oxygens (including phenoxy) is 3. The number of methoxy groups -OCH3 is 1. The molecule has 0 N–H and O–H groups in total. The minimum absolute atomic E-state index is 0.0961. The summed E-state index contributed by atoms with van der Waals surface area (Å²) in [6.07, 6.45) is 1.69. The van der Waals surface area contributed by atoms with E-state index in [0.29, 0.717) is 12.2 Å². The van der Waals surface area contributed by atoms with Crippen LogP contribution in [0.3, 0.4) is 0 Å². The van der Waals surface area contributed by atoms with Crippen LogP contribution < -0.4 is 0 Å². The number of carbonyl (C=O) groups is 2. The largest absolute Gasteiger partial charge is 0.472 e. The average molecular weight is 227 g/mol. The van der Waals surface area contributed by atoms with Gasteiger partial charge in [-0.15, -0.1) is 0 Å². The lowest BCUT2D eigenvalue weighted by Crippen LogP contribution is -2.55. The number of hydrogen-bond donors (Lipinski definition) is 0. The van der Waals surface area contributed by atoms with Crippen LogP contribution in [0.15, 0.2) is 11.8 Å². The molecular weight excluding hydrogens is 214 g/mol. The van der Waals surface area contributed by atoms with Gasteiger partial charge >= 0.3 is 5.97 Å². The smallest absolute Gasteiger partial charge is 0.339 e. The Bertz CT molecular complexity index is 351. The van der Waals surface area contributed by atoms with Crippen molar-refractivity contribution in [1.82, 2.24) is 4.90 Å². The predicted octanol–water partition coefficient (Wildman–Crippen LogP) is -0.00550. The Morgan fingerprint density at radius 2 is 2.44 bits per heavy atom. The van der Waals surface area contributed by atoms with Crippen LogP contribution in [0.25, 0.3) is 0 Å². The van der Waals surface area contributed by atoms with Crippen LogP contribution in [0.1, 0.15) is 13.3 Å². The van der Waals surface area contributed by atoms with Gasteiger partial charge in [-0.2, -0.15) is 0 Å². The van der Waals surface area contributed by atoms with Gasteiger partial charge in [0.05, 0.1) is 6.42 Å². The topological polar surface area (TPSA) is 65.1 Å². The lowest BCUT2D eigenvalue weighted by Gasteiger charge is -2.33. The Labute approximate surface area is 92.7 Å². The van der Waals surface area contributed by atoms with Gasteiger partial charge < -0.3 is 14.2 Å². The number of hydrogen-bond acceptors (Lipinski definition) is 5. The summed E-state index contributed by atoms with van der Waals surface area (Å²) in [5.41, 5.74) is 0. The highest BCUT2D eigenvalue weighted by Crippen LogP contribution is 2.36. The summed E-state index contributed by atoms with van der Waals surface area (Å²) >= 11 is 0. The number of nitrogens with zero attached hydrogens (tertiary/aromatic N) is 1. The monoisotopic (exact) mass is 227 g/mol. The molecule has 0 spiro atoms. The molecule has 88 valence electrons. The predicted molar refractivity (Wildman–Crippen MR) is 51.8 cm³/mol. The van der Waals surface area contributed by atoms with Crippen LogP contribution in [0.2, 0.25) is 0 Å². The first-order valence-corrected chi connectivity index (χ1v) is 4.98. The van der Waals surface area contributed by atoms with E-state index in [1.165, 1.54) is 12.0 Å². The molecule has 2 fully saturated rings. The molecule has 2 aliphatic heterocycles. The molecule has 6 heteroatoms. The minimum atomic E-state index is -0.744.